The van der Waals surface area contributed by atoms with Crippen molar-refractivity contribution in [2.75, 3.05) is 5.32 Å². The zero-order chi connectivity index (χ0) is 16.0. The van der Waals surface area contributed by atoms with E-state index < -0.39 is 23.5 Å². The number of carboxylic acid groups (broad SMARTS) is 1. The molecule has 1 aromatic rings. The van der Waals surface area contributed by atoms with Crippen LogP contribution in [-0.2, 0) is 16.0 Å². The summed E-state index contributed by atoms with van der Waals surface area (Å²) >= 11 is 0. The van der Waals surface area contributed by atoms with Crippen LogP contribution in [0, 0.1) is 0 Å². The molecule has 0 bridgehead atoms. The Morgan fingerprint density at radius 2 is 2.00 bits per heavy atom. The van der Waals surface area contributed by atoms with Crippen LogP contribution < -0.4 is 11.1 Å². The molecule has 0 saturated heterocycles. The molecule has 0 radical (unpaired) electrons. The Hall–Kier alpha value is -2.57. The van der Waals surface area contributed by atoms with Gasteiger partial charge in [-0.25, -0.2) is 0 Å². The summed E-state index contributed by atoms with van der Waals surface area (Å²) in [5.74, 6) is -1.50. The van der Waals surface area contributed by atoms with Crippen LogP contribution in [0.1, 0.15) is 19.4 Å². The summed E-state index contributed by atoms with van der Waals surface area (Å²) in [7, 11) is 0. The maximum absolute atomic E-state index is 11.9. The van der Waals surface area contributed by atoms with Crippen molar-refractivity contribution < 1.29 is 14.7 Å². The lowest BCUT2D eigenvalue weighted by Gasteiger charge is -2.17. The Bertz CT molecular complexity index is 576. The Morgan fingerprint density at radius 1 is 1.43 bits per heavy atom. The molecule has 1 aromatic carbocycles. The van der Waals surface area contributed by atoms with Crippen molar-refractivity contribution in [2.45, 2.75) is 31.8 Å². The van der Waals surface area contributed by atoms with Crippen LogP contribution in [0.25, 0.3) is 10.4 Å². The van der Waals surface area contributed by atoms with Gasteiger partial charge < -0.3 is 16.2 Å². The highest BCUT2D eigenvalue weighted by molar-refractivity contribution is 5.97. The number of hydrogen-bond acceptors (Lipinski definition) is 4. The highest BCUT2D eigenvalue weighted by Crippen LogP contribution is 2.16. The zero-order valence-corrected chi connectivity index (χ0v) is 11.8. The predicted octanol–water partition coefficient (Wildman–Crippen LogP) is 1.67. The summed E-state index contributed by atoms with van der Waals surface area (Å²) in [6.07, 6.45) is 0.202. The smallest absolute Gasteiger partial charge is 0.320 e. The van der Waals surface area contributed by atoms with Gasteiger partial charge in [0.15, 0.2) is 0 Å². The average Bonchev–Trinajstić information content (AvgIpc) is 2.40. The number of hydrogen-bond donors (Lipinski definition) is 3. The maximum Gasteiger partial charge on any atom is 0.320 e. The first-order chi connectivity index (χ1) is 9.76. The second-order valence-corrected chi connectivity index (χ2v) is 5.05. The lowest BCUT2D eigenvalue weighted by atomic mass is 10.0. The molecule has 0 aliphatic heterocycles. The van der Waals surface area contributed by atoms with Crippen molar-refractivity contribution >= 4 is 17.6 Å². The number of aliphatic carboxylic acids is 1. The van der Waals surface area contributed by atoms with E-state index >= 15 is 0 Å². The van der Waals surface area contributed by atoms with Gasteiger partial charge in [0.2, 0.25) is 5.91 Å². The summed E-state index contributed by atoms with van der Waals surface area (Å²) < 4.78 is 0. The van der Waals surface area contributed by atoms with Crippen molar-refractivity contribution in [2.24, 2.45) is 10.8 Å². The average molecular weight is 291 g/mol. The minimum atomic E-state index is -1.20. The van der Waals surface area contributed by atoms with Gasteiger partial charge in [0.1, 0.15) is 11.6 Å². The number of carbonyl (C=O) groups is 2. The topological polar surface area (TPSA) is 141 Å². The third-order valence-corrected chi connectivity index (χ3v) is 2.84. The molecule has 0 saturated carbocycles. The number of nitrogens with one attached hydrogen (secondary N) is 1. The number of anilines is 1. The fourth-order valence-electron chi connectivity index (χ4n) is 1.51. The van der Waals surface area contributed by atoms with Gasteiger partial charge >= 0.3 is 5.97 Å². The Balaban J connectivity index is 2.73. The Morgan fingerprint density at radius 3 is 2.48 bits per heavy atom. The molecule has 0 aliphatic rings. The number of nitrogens with two attached hydrogens (primary N) is 1. The van der Waals surface area contributed by atoms with E-state index in [-0.39, 0.29) is 6.42 Å². The second-order valence-electron chi connectivity index (χ2n) is 5.05. The Labute approximate surface area is 121 Å². The minimum absolute atomic E-state index is 0.202. The highest BCUT2D eigenvalue weighted by Gasteiger charge is 2.26. The number of azide groups is 1. The van der Waals surface area contributed by atoms with Crippen LogP contribution in [-0.4, -0.2) is 28.6 Å². The predicted molar refractivity (Wildman–Crippen MR) is 77.6 cm³/mol. The summed E-state index contributed by atoms with van der Waals surface area (Å²) in [4.78, 5) is 25.2. The largest absolute Gasteiger partial charge is 0.480 e. The van der Waals surface area contributed by atoms with Crippen LogP contribution >= 0.6 is 0 Å². The molecule has 1 atom stereocenters. The van der Waals surface area contributed by atoms with Crippen molar-refractivity contribution in [3.05, 3.63) is 40.3 Å². The van der Waals surface area contributed by atoms with Crippen LogP contribution in [0.2, 0.25) is 0 Å². The van der Waals surface area contributed by atoms with E-state index in [0.717, 1.165) is 5.56 Å². The number of amides is 1. The van der Waals surface area contributed by atoms with Crippen LogP contribution in [0.5, 0.6) is 0 Å². The van der Waals surface area contributed by atoms with Gasteiger partial charge in [-0.1, -0.05) is 17.2 Å². The first kappa shape index (κ1) is 16.5. The standard InChI is InChI=1S/C13H17N5O3/c1-13(2,17-18-15)12(21)16-9-5-3-8(4-6-9)7-10(14)11(19)20/h3-6,10H,7,14H2,1-2H3,(H,16,21)(H,19,20). The summed E-state index contributed by atoms with van der Waals surface area (Å²) in [5.41, 5.74) is 13.9. The first-order valence-electron chi connectivity index (χ1n) is 6.21. The van der Waals surface area contributed by atoms with Gasteiger partial charge in [-0.3, -0.25) is 9.59 Å². The third-order valence-electron chi connectivity index (χ3n) is 2.84. The second kappa shape index (κ2) is 6.74. The summed E-state index contributed by atoms with van der Waals surface area (Å²) in [6, 6.07) is 5.66. The number of nitrogens with zero attached hydrogens (tertiary/aromatic N) is 3. The lowest BCUT2D eigenvalue weighted by molar-refractivity contribution is -0.138. The molecular formula is C13H17N5O3. The van der Waals surface area contributed by atoms with Crippen LogP contribution in [0.3, 0.4) is 0 Å². The fourth-order valence-corrected chi connectivity index (χ4v) is 1.51. The van der Waals surface area contributed by atoms with Gasteiger partial charge in [0.25, 0.3) is 0 Å². The van der Waals surface area contributed by atoms with Crippen LogP contribution in [0.15, 0.2) is 29.4 Å². The molecule has 21 heavy (non-hydrogen) atoms. The molecule has 1 unspecified atom stereocenters. The maximum atomic E-state index is 11.9. The molecule has 0 heterocycles. The molecule has 1 rings (SSSR count). The molecule has 0 aliphatic carbocycles. The normalized spacial score (nSPS) is 12.1. The molecular weight excluding hydrogens is 274 g/mol. The van der Waals surface area contributed by atoms with Crippen LogP contribution in [0.4, 0.5) is 5.69 Å². The van der Waals surface area contributed by atoms with E-state index in [0.29, 0.717) is 5.69 Å². The molecule has 1 amide bonds. The number of carbonyl (C=O) groups excluding carboxylic acids is 1. The highest BCUT2D eigenvalue weighted by atomic mass is 16.4. The SMILES string of the molecule is CC(C)(N=[N+]=[N-])C(=O)Nc1ccc(CC(N)C(=O)O)cc1. The molecule has 4 N–H and O–H groups in total. The number of rotatable bonds is 6. The minimum Gasteiger partial charge on any atom is -0.480 e. The van der Waals surface area contributed by atoms with E-state index in [9.17, 15) is 9.59 Å². The van der Waals surface area contributed by atoms with Gasteiger partial charge in [0.05, 0.1) is 0 Å². The molecule has 8 nitrogen and oxygen atoms in total. The molecule has 0 aromatic heterocycles. The van der Waals surface area contributed by atoms with E-state index in [4.69, 9.17) is 16.4 Å². The monoisotopic (exact) mass is 291 g/mol. The first-order valence-corrected chi connectivity index (χ1v) is 6.21. The fraction of sp³-hybridized carbons (Fsp3) is 0.385. The van der Waals surface area contributed by atoms with E-state index in [1.54, 1.807) is 24.3 Å². The van der Waals surface area contributed by atoms with Crippen molar-refractivity contribution in [1.29, 1.82) is 0 Å². The molecule has 8 heteroatoms. The van der Waals surface area contributed by atoms with Gasteiger partial charge in [-0.05, 0) is 43.5 Å². The van der Waals surface area contributed by atoms with Gasteiger partial charge in [0, 0.05) is 10.6 Å². The lowest BCUT2D eigenvalue weighted by Crippen LogP contribution is -2.34. The van der Waals surface area contributed by atoms with E-state index in [1.807, 2.05) is 0 Å². The van der Waals surface area contributed by atoms with Crippen molar-refractivity contribution in [3.63, 3.8) is 0 Å². The number of benzene rings is 1. The Kier molecular flexibility index (Phi) is 5.29. The van der Waals surface area contributed by atoms with Crippen molar-refractivity contribution in [3.8, 4) is 0 Å². The van der Waals surface area contributed by atoms with Crippen molar-refractivity contribution in [1.82, 2.24) is 0 Å². The van der Waals surface area contributed by atoms with Gasteiger partial charge in [-0.2, -0.15) is 0 Å². The van der Waals surface area contributed by atoms with E-state index in [1.165, 1.54) is 13.8 Å². The molecule has 0 spiro atoms. The quantitative estimate of drug-likeness (QED) is 0.416. The van der Waals surface area contributed by atoms with E-state index in [2.05, 4.69) is 15.3 Å². The third kappa shape index (κ3) is 4.79. The summed E-state index contributed by atoms with van der Waals surface area (Å²) in [6.45, 7) is 3.00. The number of carboxylic acids is 1. The summed E-state index contributed by atoms with van der Waals surface area (Å²) in [5, 5.41) is 14.8. The molecule has 112 valence electrons. The van der Waals surface area contributed by atoms with Gasteiger partial charge in [-0.15, -0.1) is 0 Å². The molecule has 0 fully saturated rings. The zero-order valence-electron chi connectivity index (χ0n) is 11.8.